The van der Waals surface area contributed by atoms with Crippen molar-refractivity contribution in [2.45, 2.75) is 25.4 Å². The van der Waals surface area contributed by atoms with Gasteiger partial charge in [-0.2, -0.15) is 0 Å². The minimum absolute atomic E-state index is 0.223. The van der Waals surface area contributed by atoms with Crippen molar-refractivity contribution in [2.24, 2.45) is 0 Å². The van der Waals surface area contributed by atoms with E-state index in [2.05, 4.69) is 20.9 Å². The van der Waals surface area contributed by atoms with Gasteiger partial charge in [-0.05, 0) is 37.1 Å². The number of rotatable bonds is 3. The fraction of sp³-hybridized carbons (Fsp3) is 0.333. The summed E-state index contributed by atoms with van der Waals surface area (Å²) in [6, 6.07) is 6.16. The lowest BCUT2D eigenvalue weighted by Crippen LogP contribution is -2.23. The fourth-order valence-corrected chi connectivity index (χ4v) is 2.72. The molecule has 0 amide bonds. The molecule has 3 rings (SSSR count). The van der Waals surface area contributed by atoms with Crippen molar-refractivity contribution < 1.29 is 4.39 Å². The van der Waals surface area contributed by atoms with Gasteiger partial charge in [0, 0.05) is 36.7 Å². The summed E-state index contributed by atoms with van der Waals surface area (Å²) < 4.78 is 13.7. The molecule has 3 heterocycles. The first-order valence-corrected chi connectivity index (χ1v) is 6.57. The smallest absolute Gasteiger partial charge is 0.145 e. The number of likely N-dealkylation sites (tertiary alicyclic amines) is 1. The van der Waals surface area contributed by atoms with Gasteiger partial charge in [-0.15, -0.1) is 0 Å². The van der Waals surface area contributed by atoms with Crippen molar-refractivity contribution in [3.05, 3.63) is 59.9 Å². The Balaban J connectivity index is 1.79. The van der Waals surface area contributed by atoms with Crippen LogP contribution < -0.4 is 0 Å². The highest BCUT2D eigenvalue weighted by Gasteiger charge is 2.26. The van der Waals surface area contributed by atoms with E-state index in [4.69, 9.17) is 0 Å². The van der Waals surface area contributed by atoms with Crippen LogP contribution in [0, 0.1) is 5.82 Å². The fourth-order valence-electron chi connectivity index (χ4n) is 2.72. The molecule has 2 aromatic heterocycles. The lowest BCUT2D eigenvalue weighted by atomic mass is 10.1. The molecule has 4 heteroatoms. The van der Waals surface area contributed by atoms with Crippen molar-refractivity contribution in [1.29, 1.82) is 0 Å². The molecule has 1 atom stereocenters. The molecule has 1 unspecified atom stereocenters. The predicted molar refractivity (Wildman–Crippen MR) is 70.8 cm³/mol. The van der Waals surface area contributed by atoms with E-state index in [1.807, 2.05) is 12.3 Å². The molecule has 2 aromatic rings. The quantitative estimate of drug-likeness (QED) is 0.846. The molecular formula is C15H16FN3. The molecule has 1 saturated heterocycles. The Morgan fingerprint density at radius 2 is 2.11 bits per heavy atom. The average molecular weight is 257 g/mol. The molecular weight excluding hydrogens is 241 g/mol. The van der Waals surface area contributed by atoms with Crippen LogP contribution in [0.4, 0.5) is 4.39 Å². The average Bonchev–Trinajstić information content (AvgIpc) is 2.91. The van der Waals surface area contributed by atoms with Crippen molar-refractivity contribution in [1.82, 2.24) is 14.9 Å². The SMILES string of the molecule is Fc1cnccc1CN1CCCC1c1cccnc1. The third-order valence-electron chi connectivity index (χ3n) is 3.66. The Kier molecular flexibility index (Phi) is 3.51. The summed E-state index contributed by atoms with van der Waals surface area (Å²) in [5, 5.41) is 0. The summed E-state index contributed by atoms with van der Waals surface area (Å²) in [5.74, 6) is -0.223. The van der Waals surface area contributed by atoms with Gasteiger partial charge >= 0.3 is 0 Å². The van der Waals surface area contributed by atoms with Crippen molar-refractivity contribution in [2.75, 3.05) is 6.54 Å². The van der Waals surface area contributed by atoms with E-state index < -0.39 is 0 Å². The molecule has 0 aliphatic carbocycles. The Labute approximate surface area is 112 Å². The third-order valence-corrected chi connectivity index (χ3v) is 3.66. The van der Waals surface area contributed by atoms with E-state index in [0.29, 0.717) is 18.2 Å². The summed E-state index contributed by atoms with van der Waals surface area (Å²) in [5.41, 5.74) is 1.93. The zero-order chi connectivity index (χ0) is 13.1. The summed E-state index contributed by atoms with van der Waals surface area (Å²) in [7, 11) is 0. The van der Waals surface area contributed by atoms with Crippen LogP contribution in [-0.2, 0) is 6.54 Å². The molecule has 0 spiro atoms. The van der Waals surface area contributed by atoms with Crippen LogP contribution in [0.1, 0.15) is 30.0 Å². The Morgan fingerprint density at radius 1 is 1.21 bits per heavy atom. The van der Waals surface area contributed by atoms with Gasteiger partial charge in [0.2, 0.25) is 0 Å². The topological polar surface area (TPSA) is 29.0 Å². The van der Waals surface area contributed by atoms with Crippen molar-refractivity contribution >= 4 is 0 Å². The number of hydrogen-bond acceptors (Lipinski definition) is 3. The van der Waals surface area contributed by atoms with E-state index in [-0.39, 0.29) is 5.82 Å². The molecule has 0 N–H and O–H groups in total. The number of aromatic nitrogens is 2. The van der Waals surface area contributed by atoms with Gasteiger partial charge in [0.05, 0.1) is 6.20 Å². The largest absolute Gasteiger partial charge is 0.292 e. The van der Waals surface area contributed by atoms with Crippen molar-refractivity contribution in [3.8, 4) is 0 Å². The highest BCUT2D eigenvalue weighted by molar-refractivity contribution is 5.18. The van der Waals surface area contributed by atoms with E-state index >= 15 is 0 Å². The molecule has 1 aliphatic rings. The van der Waals surface area contributed by atoms with Gasteiger partial charge < -0.3 is 0 Å². The van der Waals surface area contributed by atoms with E-state index in [1.54, 1.807) is 18.5 Å². The van der Waals surface area contributed by atoms with Crippen LogP contribution in [0.5, 0.6) is 0 Å². The second kappa shape index (κ2) is 5.45. The van der Waals surface area contributed by atoms with E-state index in [1.165, 1.54) is 11.8 Å². The molecule has 19 heavy (non-hydrogen) atoms. The van der Waals surface area contributed by atoms with Crippen molar-refractivity contribution in [3.63, 3.8) is 0 Å². The first-order valence-electron chi connectivity index (χ1n) is 6.57. The Hall–Kier alpha value is -1.81. The number of halogens is 1. The predicted octanol–water partition coefficient (Wildman–Crippen LogP) is 2.95. The Morgan fingerprint density at radius 3 is 2.89 bits per heavy atom. The Bertz CT molecular complexity index is 544. The zero-order valence-electron chi connectivity index (χ0n) is 10.7. The van der Waals surface area contributed by atoms with E-state index in [9.17, 15) is 4.39 Å². The molecule has 0 aromatic carbocycles. The highest BCUT2D eigenvalue weighted by Crippen LogP contribution is 2.32. The molecule has 0 saturated carbocycles. The number of hydrogen-bond donors (Lipinski definition) is 0. The third kappa shape index (κ3) is 2.63. The summed E-state index contributed by atoms with van der Waals surface area (Å²) in [6.07, 6.45) is 8.87. The van der Waals surface area contributed by atoms with Crippen LogP contribution in [0.2, 0.25) is 0 Å². The lowest BCUT2D eigenvalue weighted by molar-refractivity contribution is 0.244. The van der Waals surface area contributed by atoms with E-state index in [0.717, 1.165) is 19.4 Å². The van der Waals surface area contributed by atoms with Gasteiger partial charge in [-0.3, -0.25) is 14.9 Å². The monoisotopic (exact) mass is 257 g/mol. The van der Waals surface area contributed by atoms with Crippen LogP contribution in [0.3, 0.4) is 0 Å². The highest BCUT2D eigenvalue weighted by atomic mass is 19.1. The minimum Gasteiger partial charge on any atom is -0.292 e. The van der Waals surface area contributed by atoms with Crippen LogP contribution in [0.25, 0.3) is 0 Å². The first kappa shape index (κ1) is 12.2. The second-order valence-corrected chi connectivity index (χ2v) is 4.88. The molecule has 98 valence electrons. The molecule has 0 bridgehead atoms. The lowest BCUT2D eigenvalue weighted by Gasteiger charge is -2.24. The zero-order valence-corrected chi connectivity index (χ0v) is 10.7. The maximum Gasteiger partial charge on any atom is 0.145 e. The molecule has 1 fully saturated rings. The maximum absolute atomic E-state index is 13.7. The first-order chi connectivity index (χ1) is 9.34. The number of pyridine rings is 2. The second-order valence-electron chi connectivity index (χ2n) is 4.88. The summed E-state index contributed by atoms with van der Waals surface area (Å²) in [4.78, 5) is 10.3. The van der Waals surface area contributed by atoms with Gasteiger partial charge in [0.15, 0.2) is 0 Å². The van der Waals surface area contributed by atoms with Gasteiger partial charge in [0.1, 0.15) is 5.82 Å². The van der Waals surface area contributed by atoms with Crippen LogP contribution in [-0.4, -0.2) is 21.4 Å². The van der Waals surface area contributed by atoms with Gasteiger partial charge in [-0.25, -0.2) is 4.39 Å². The summed E-state index contributed by atoms with van der Waals surface area (Å²) >= 11 is 0. The van der Waals surface area contributed by atoms with Gasteiger partial charge in [0.25, 0.3) is 0 Å². The molecule has 1 aliphatic heterocycles. The molecule has 0 radical (unpaired) electrons. The number of nitrogens with zero attached hydrogens (tertiary/aromatic N) is 3. The van der Waals surface area contributed by atoms with Crippen LogP contribution >= 0.6 is 0 Å². The summed E-state index contributed by atoms with van der Waals surface area (Å²) in [6.45, 7) is 1.63. The normalized spacial score (nSPS) is 19.7. The maximum atomic E-state index is 13.7. The minimum atomic E-state index is -0.223. The van der Waals surface area contributed by atoms with Gasteiger partial charge in [-0.1, -0.05) is 6.07 Å². The van der Waals surface area contributed by atoms with Crippen LogP contribution in [0.15, 0.2) is 43.0 Å². The standard InChI is InChI=1S/C15H16FN3/c16-14-10-18-7-5-13(14)11-19-8-2-4-15(19)12-3-1-6-17-9-12/h1,3,5-7,9-10,15H,2,4,8,11H2. The molecule has 3 nitrogen and oxygen atoms in total.